The minimum atomic E-state index is 0.116. The van der Waals surface area contributed by atoms with Crippen LogP contribution in [0.2, 0.25) is 0 Å². The summed E-state index contributed by atoms with van der Waals surface area (Å²) >= 11 is 1.54. The Morgan fingerprint density at radius 3 is 3.19 bits per heavy atom. The first-order chi connectivity index (χ1) is 7.74. The van der Waals surface area contributed by atoms with Gasteiger partial charge in [0, 0.05) is 11.4 Å². The highest BCUT2D eigenvalue weighted by Gasteiger charge is 2.20. The number of rotatable bonds is 3. The van der Waals surface area contributed by atoms with E-state index in [9.17, 15) is 4.79 Å². The molecule has 2 rings (SSSR count). The number of nitrogens with zero attached hydrogens (tertiary/aromatic N) is 1. The average molecular weight is 238 g/mol. The van der Waals surface area contributed by atoms with Crippen molar-refractivity contribution in [1.29, 1.82) is 0 Å². The Morgan fingerprint density at radius 1 is 1.62 bits per heavy atom. The molecule has 88 valence electrons. The number of amides is 1. The molecule has 1 aromatic heterocycles. The van der Waals surface area contributed by atoms with Crippen molar-refractivity contribution in [1.82, 2.24) is 10.3 Å². The zero-order valence-electron chi connectivity index (χ0n) is 9.61. The Bertz CT molecular complexity index is 337. The molecule has 1 amide bonds. The van der Waals surface area contributed by atoms with Crippen LogP contribution in [0.5, 0.6) is 0 Å². The summed E-state index contributed by atoms with van der Waals surface area (Å²) in [6.45, 7) is 2.26. The minimum absolute atomic E-state index is 0.116. The molecule has 1 fully saturated rings. The van der Waals surface area contributed by atoms with Crippen molar-refractivity contribution in [3.63, 3.8) is 0 Å². The number of hydrogen-bond acceptors (Lipinski definition) is 3. The molecule has 0 aliphatic heterocycles. The van der Waals surface area contributed by atoms with Crippen LogP contribution in [-0.2, 0) is 11.2 Å². The van der Waals surface area contributed by atoms with E-state index in [0.29, 0.717) is 12.5 Å². The largest absolute Gasteiger partial charge is 0.353 e. The molecule has 1 aliphatic carbocycles. The van der Waals surface area contributed by atoms with Crippen molar-refractivity contribution in [3.8, 4) is 0 Å². The van der Waals surface area contributed by atoms with Crippen molar-refractivity contribution in [2.75, 3.05) is 0 Å². The van der Waals surface area contributed by atoms with Gasteiger partial charge >= 0.3 is 0 Å². The van der Waals surface area contributed by atoms with Gasteiger partial charge in [-0.15, -0.1) is 11.3 Å². The van der Waals surface area contributed by atoms with Gasteiger partial charge < -0.3 is 5.32 Å². The lowest BCUT2D eigenvalue weighted by atomic mass is 9.87. The molecule has 2 atom stereocenters. The van der Waals surface area contributed by atoms with Crippen LogP contribution in [0.4, 0.5) is 0 Å². The number of thiazole rings is 1. The highest BCUT2D eigenvalue weighted by atomic mass is 32.1. The number of carbonyl (C=O) groups is 1. The van der Waals surface area contributed by atoms with E-state index >= 15 is 0 Å². The molecule has 1 heterocycles. The number of carbonyl (C=O) groups excluding carboxylic acids is 1. The van der Waals surface area contributed by atoms with Crippen LogP contribution < -0.4 is 5.32 Å². The molecular weight excluding hydrogens is 220 g/mol. The van der Waals surface area contributed by atoms with Crippen LogP contribution in [0.15, 0.2) is 10.9 Å². The Kier molecular flexibility index (Phi) is 3.93. The Labute approximate surface area is 100 Å². The van der Waals surface area contributed by atoms with E-state index in [1.807, 2.05) is 5.38 Å². The molecule has 0 saturated heterocycles. The fraction of sp³-hybridized carbons (Fsp3) is 0.667. The topological polar surface area (TPSA) is 42.0 Å². The van der Waals surface area contributed by atoms with Crippen molar-refractivity contribution < 1.29 is 4.79 Å². The van der Waals surface area contributed by atoms with Crippen LogP contribution in [0, 0.1) is 5.92 Å². The molecule has 0 unspecified atom stereocenters. The van der Waals surface area contributed by atoms with Crippen molar-refractivity contribution in [2.24, 2.45) is 5.92 Å². The van der Waals surface area contributed by atoms with E-state index in [1.54, 1.807) is 5.51 Å². The molecule has 0 spiro atoms. The SMILES string of the molecule is C[C@H]1CCC[C@@H](NC(=O)Cc2cscn2)C1. The maximum absolute atomic E-state index is 11.7. The van der Waals surface area contributed by atoms with Gasteiger partial charge in [0.1, 0.15) is 0 Å². The second-order valence-corrected chi connectivity index (χ2v) is 5.41. The van der Waals surface area contributed by atoms with Crippen LogP contribution >= 0.6 is 11.3 Å². The molecule has 1 N–H and O–H groups in total. The molecule has 0 aromatic carbocycles. The lowest BCUT2D eigenvalue weighted by molar-refractivity contribution is -0.121. The molecule has 4 heteroatoms. The van der Waals surface area contributed by atoms with Crippen LogP contribution in [0.3, 0.4) is 0 Å². The summed E-state index contributed by atoms with van der Waals surface area (Å²) in [6.07, 6.45) is 5.23. The molecule has 1 saturated carbocycles. The fourth-order valence-electron chi connectivity index (χ4n) is 2.33. The summed E-state index contributed by atoms with van der Waals surface area (Å²) < 4.78 is 0. The lowest BCUT2D eigenvalue weighted by Gasteiger charge is -2.27. The number of hydrogen-bond donors (Lipinski definition) is 1. The third-order valence-electron chi connectivity index (χ3n) is 3.13. The van der Waals surface area contributed by atoms with Gasteiger partial charge in [0.05, 0.1) is 17.6 Å². The first-order valence-electron chi connectivity index (χ1n) is 5.90. The predicted octanol–water partition coefficient (Wildman–Crippen LogP) is 2.38. The Morgan fingerprint density at radius 2 is 2.50 bits per heavy atom. The second kappa shape index (κ2) is 5.43. The third kappa shape index (κ3) is 3.30. The van der Waals surface area contributed by atoms with Gasteiger partial charge in [-0.1, -0.05) is 19.8 Å². The molecule has 16 heavy (non-hydrogen) atoms. The Balaban J connectivity index is 1.78. The van der Waals surface area contributed by atoms with Gasteiger partial charge in [0.15, 0.2) is 0 Å². The monoisotopic (exact) mass is 238 g/mol. The summed E-state index contributed by atoms with van der Waals surface area (Å²) in [7, 11) is 0. The first kappa shape index (κ1) is 11.6. The maximum Gasteiger partial charge on any atom is 0.226 e. The van der Waals surface area contributed by atoms with Crippen LogP contribution in [0.25, 0.3) is 0 Å². The van der Waals surface area contributed by atoms with E-state index in [0.717, 1.165) is 24.5 Å². The van der Waals surface area contributed by atoms with Gasteiger partial charge in [-0.2, -0.15) is 0 Å². The molecule has 1 aliphatic rings. The van der Waals surface area contributed by atoms with E-state index in [-0.39, 0.29) is 5.91 Å². The Hall–Kier alpha value is -0.900. The van der Waals surface area contributed by atoms with Crippen LogP contribution in [0.1, 0.15) is 38.3 Å². The zero-order valence-corrected chi connectivity index (χ0v) is 10.4. The van der Waals surface area contributed by atoms with Gasteiger partial charge in [-0.25, -0.2) is 4.98 Å². The molecule has 3 nitrogen and oxygen atoms in total. The zero-order chi connectivity index (χ0) is 11.4. The molecule has 1 aromatic rings. The summed E-state index contributed by atoms with van der Waals surface area (Å²) in [5, 5.41) is 5.05. The van der Waals surface area contributed by atoms with Crippen molar-refractivity contribution >= 4 is 17.2 Å². The van der Waals surface area contributed by atoms with Gasteiger partial charge in [-0.05, 0) is 18.8 Å². The highest BCUT2D eigenvalue weighted by Crippen LogP contribution is 2.23. The normalized spacial score (nSPS) is 25.3. The number of nitrogens with one attached hydrogen (secondary N) is 1. The smallest absolute Gasteiger partial charge is 0.226 e. The number of aromatic nitrogens is 1. The summed E-state index contributed by atoms with van der Waals surface area (Å²) in [5.41, 5.74) is 2.65. The van der Waals surface area contributed by atoms with E-state index in [4.69, 9.17) is 0 Å². The molecular formula is C12H18N2OS. The minimum Gasteiger partial charge on any atom is -0.353 e. The molecule has 0 bridgehead atoms. The van der Waals surface area contributed by atoms with E-state index < -0.39 is 0 Å². The van der Waals surface area contributed by atoms with E-state index in [1.165, 1.54) is 24.2 Å². The van der Waals surface area contributed by atoms with Gasteiger partial charge in [-0.3, -0.25) is 4.79 Å². The lowest BCUT2D eigenvalue weighted by Crippen LogP contribution is -2.38. The average Bonchev–Trinajstić information content (AvgIpc) is 2.70. The van der Waals surface area contributed by atoms with Gasteiger partial charge in [0.25, 0.3) is 0 Å². The first-order valence-corrected chi connectivity index (χ1v) is 6.84. The third-order valence-corrected chi connectivity index (χ3v) is 3.76. The van der Waals surface area contributed by atoms with Gasteiger partial charge in [0.2, 0.25) is 5.91 Å². The predicted molar refractivity (Wildman–Crippen MR) is 65.4 cm³/mol. The van der Waals surface area contributed by atoms with Crippen LogP contribution in [-0.4, -0.2) is 16.9 Å². The van der Waals surface area contributed by atoms with Crippen molar-refractivity contribution in [3.05, 3.63) is 16.6 Å². The summed E-state index contributed by atoms with van der Waals surface area (Å²) in [4.78, 5) is 15.9. The van der Waals surface area contributed by atoms with Crippen molar-refractivity contribution in [2.45, 2.75) is 45.1 Å². The standard InChI is InChI=1S/C12H18N2OS/c1-9-3-2-4-10(5-9)14-12(15)6-11-7-16-8-13-11/h7-10H,2-6H2,1H3,(H,14,15)/t9-,10+/m0/s1. The summed E-state index contributed by atoms with van der Waals surface area (Å²) in [6, 6.07) is 0.384. The second-order valence-electron chi connectivity index (χ2n) is 4.69. The van der Waals surface area contributed by atoms with E-state index in [2.05, 4.69) is 17.2 Å². The fourth-order valence-corrected chi connectivity index (χ4v) is 2.89. The maximum atomic E-state index is 11.7. The quantitative estimate of drug-likeness (QED) is 0.878. The highest BCUT2D eigenvalue weighted by molar-refractivity contribution is 7.07. The summed E-state index contributed by atoms with van der Waals surface area (Å²) in [5.74, 6) is 0.864. The molecule has 0 radical (unpaired) electrons.